The van der Waals surface area contributed by atoms with Crippen LogP contribution in [0.1, 0.15) is 31.2 Å². The molecule has 1 aromatic carbocycles. The molecule has 2 fully saturated rings. The first-order valence-corrected chi connectivity index (χ1v) is 7.65. The van der Waals surface area contributed by atoms with E-state index in [-0.39, 0.29) is 11.6 Å². The number of benzene rings is 1. The number of nitrogens with zero attached hydrogens (tertiary/aromatic N) is 1. The number of halogens is 1. The van der Waals surface area contributed by atoms with Gasteiger partial charge in [0.1, 0.15) is 11.6 Å². The van der Waals surface area contributed by atoms with E-state index in [1.807, 2.05) is 0 Å². The Balaban J connectivity index is 1.61. The fraction of sp³-hybridized carbons (Fsp3) is 0.625. The van der Waals surface area contributed by atoms with Crippen LogP contribution in [-0.4, -0.2) is 35.7 Å². The van der Waals surface area contributed by atoms with Gasteiger partial charge in [-0.3, -0.25) is 4.90 Å². The molecule has 0 saturated carbocycles. The van der Waals surface area contributed by atoms with Crippen LogP contribution in [0.15, 0.2) is 18.2 Å². The minimum atomic E-state index is -0.356. The Labute approximate surface area is 119 Å². The van der Waals surface area contributed by atoms with Crippen LogP contribution < -0.4 is 5.32 Å². The Kier molecular flexibility index (Phi) is 4.22. The summed E-state index contributed by atoms with van der Waals surface area (Å²) in [4.78, 5) is 2.39. The fourth-order valence-electron chi connectivity index (χ4n) is 3.66. The summed E-state index contributed by atoms with van der Waals surface area (Å²) in [7, 11) is 0. The van der Waals surface area contributed by atoms with Crippen molar-refractivity contribution in [1.82, 2.24) is 10.2 Å². The zero-order valence-corrected chi connectivity index (χ0v) is 11.8. The van der Waals surface area contributed by atoms with Crippen LogP contribution in [0, 0.1) is 11.7 Å². The van der Waals surface area contributed by atoms with E-state index >= 15 is 0 Å². The Morgan fingerprint density at radius 3 is 2.90 bits per heavy atom. The maximum atomic E-state index is 13.3. The van der Waals surface area contributed by atoms with Crippen LogP contribution in [0.25, 0.3) is 0 Å². The van der Waals surface area contributed by atoms with Gasteiger partial charge in [0.05, 0.1) is 0 Å². The van der Waals surface area contributed by atoms with E-state index in [1.165, 1.54) is 31.7 Å². The Bertz CT molecular complexity index is 440. The van der Waals surface area contributed by atoms with Crippen LogP contribution in [-0.2, 0) is 6.54 Å². The number of likely N-dealkylation sites (tertiary alicyclic amines) is 1. The third-order valence-corrected chi connectivity index (χ3v) is 4.56. The molecule has 0 amide bonds. The van der Waals surface area contributed by atoms with Crippen molar-refractivity contribution in [1.29, 1.82) is 0 Å². The predicted octanol–water partition coefficient (Wildman–Crippen LogP) is 2.50. The van der Waals surface area contributed by atoms with E-state index in [4.69, 9.17) is 0 Å². The molecular formula is C16H23FN2O. The maximum Gasteiger partial charge on any atom is 0.127 e. The van der Waals surface area contributed by atoms with E-state index in [0.717, 1.165) is 37.8 Å². The molecule has 110 valence electrons. The SMILES string of the molecule is Oc1cc(F)cc(CN2CCCC(C3CCCN3)C2)c1. The highest BCUT2D eigenvalue weighted by Gasteiger charge is 2.28. The van der Waals surface area contributed by atoms with Crippen LogP contribution in [0.4, 0.5) is 4.39 Å². The molecule has 1 aromatic rings. The van der Waals surface area contributed by atoms with Crippen molar-refractivity contribution in [3.8, 4) is 5.75 Å². The van der Waals surface area contributed by atoms with Crippen molar-refractivity contribution in [2.45, 2.75) is 38.3 Å². The van der Waals surface area contributed by atoms with Gasteiger partial charge in [-0.15, -0.1) is 0 Å². The smallest absolute Gasteiger partial charge is 0.127 e. The van der Waals surface area contributed by atoms with Crippen molar-refractivity contribution in [2.24, 2.45) is 5.92 Å². The lowest BCUT2D eigenvalue weighted by atomic mass is 9.89. The molecule has 0 spiro atoms. The van der Waals surface area contributed by atoms with Crippen molar-refractivity contribution in [3.63, 3.8) is 0 Å². The first-order valence-electron chi connectivity index (χ1n) is 7.65. The molecule has 2 aliphatic rings. The molecule has 2 heterocycles. The van der Waals surface area contributed by atoms with Gasteiger partial charge < -0.3 is 10.4 Å². The van der Waals surface area contributed by atoms with Gasteiger partial charge in [-0.2, -0.15) is 0 Å². The molecule has 3 nitrogen and oxygen atoms in total. The number of hydrogen-bond donors (Lipinski definition) is 2. The van der Waals surface area contributed by atoms with Crippen LogP contribution >= 0.6 is 0 Å². The molecule has 2 saturated heterocycles. The molecule has 2 N–H and O–H groups in total. The summed E-state index contributed by atoms with van der Waals surface area (Å²) in [6.45, 7) is 4.03. The molecule has 0 aromatic heterocycles. The first kappa shape index (κ1) is 13.8. The van der Waals surface area contributed by atoms with Gasteiger partial charge in [0.15, 0.2) is 0 Å². The molecule has 0 radical (unpaired) electrons. The average Bonchev–Trinajstić information content (AvgIpc) is 2.91. The van der Waals surface area contributed by atoms with E-state index in [9.17, 15) is 9.50 Å². The van der Waals surface area contributed by atoms with Crippen LogP contribution in [0.5, 0.6) is 5.75 Å². The van der Waals surface area contributed by atoms with E-state index < -0.39 is 0 Å². The van der Waals surface area contributed by atoms with Crippen molar-refractivity contribution < 1.29 is 9.50 Å². The Morgan fingerprint density at radius 1 is 1.25 bits per heavy atom. The van der Waals surface area contributed by atoms with Crippen molar-refractivity contribution in [2.75, 3.05) is 19.6 Å². The fourth-order valence-corrected chi connectivity index (χ4v) is 3.66. The standard InChI is InChI=1S/C16H23FN2O/c17-14-7-12(8-15(20)9-14)10-19-6-2-3-13(11-19)16-4-1-5-18-16/h7-9,13,16,18,20H,1-6,10-11H2. The largest absolute Gasteiger partial charge is 0.508 e. The second-order valence-corrected chi connectivity index (χ2v) is 6.16. The monoisotopic (exact) mass is 278 g/mol. The number of aromatic hydroxyl groups is 1. The summed E-state index contributed by atoms with van der Waals surface area (Å²) in [6.07, 6.45) is 5.09. The zero-order chi connectivity index (χ0) is 13.9. The average molecular weight is 278 g/mol. The lowest BCUT2D eigenvalue weighted by Crippen LogP contribution is -2.43. The highest BCUT2D eigenvalue weighted by Crippen LogP contribution is 2.26. The van der Waals surface area contributed by atoms with E-state index in [0.29, 0.717) is 12.0 Å². The molecule has 2 unspecified atom stereocenters. The van der Waals surface area contributed by atoms with Gasteiger partial charge in [-0.05, 0) is 62.4 Å². The number of phenols is 1. The lowest BCUT2D eigenvalue weighted by Gasteiger charge is -2.35. The molecule has 0 aliphatic carbocycles. The number of hydrogen-bond acceptors (Lipinski definition) is 3. The molecule has 2 atom stereocenters. The first-order chi connectivity index (χ1) is 9.70. The lowest BCUT2D eigenvalue weighted by molar-refractivity contribution is 0.145. The minimum Gasteiger partial charge on any atom is -0.508 e. The number of phenolic OH excluding ortho intramolecular Hbond substituents is 1. The van der Waals surface area contributed by atoms with E-state index in [1.54, 1.807) is 6.07 Å². The summed E-state index contributed by atoms with van der Waals surface area (Å²) in [6, 6.07) is 5.02. The van der Waals surface area contributed by atoms with Crippen molar-refractivity contribution in [3.05, 3.63) is 29.6 Å². The summed E-state index contributed by atoms with van der Waals surface area (Å²) in [5, 5.41) is 13.1. The second-order valence-electron chi connectivity index (χ2n) is 6.16. The van der Waals surface area contributed by atoms with E-state index in [2.05, 4.69) is 10.2 Å². The third-order valence-electron chi connectivity index (χ3n) is 4.56. The maximum absolute atomic E-state index is 13.3. The number of piperidine rings is 1. The quantitative estimate of drug-likeness (QED) is 0.891. The highest BCUT2D eigenvalue weighted by atomic mass is 19.1. The molecule has 2 aliphatic heterocycles. The van der Waals surface area contributed by atoms with Gasteiger partial charge in [-0.1, -0.05) is 0 Å². The predicted molar refractivity (Wildman–Crippen MR) is 77.1 cm³/mol. The Morgan fingerprint density at radius 2 is 2.15 bits per heavy atom. The van der Waals surface area contributed by atoms with Gasteiger partial charge in [0, 0.05) is 25.2 Å². The van der Waals surface area contributed by atoms with Gasteiger partial charge in [-0.25, -0.2) is 4.39 Å². The van der Waals surface area contributed by atoms with Gasteiger partial charge in [0.25, 0.3) is 0 Å². The highest BCUT2D eigenvalue weighted by molar-refractivity contribution is 5.28. The summed E-state index contributed by atoms with van der Waals surface area (Å²) >= 11 is 0. The summed E-state index contributed by atoms with van der Waals surface area (Å²) in [5.41, 5.74) is 0.863. The van der Waals surface area contributed by atoms with Gasteiger partial charge in [0.2, 0.25) is 0 Å². The zero-order valence-electron chi connectivity index (χ0n) is 11.8. The van der Waals surface area contributed by atoms with Crippen LogP contribution in [0.2, 0.25) is 0 Å². The third kappa shape index (κ3) is 3.30. The second kappa shape index (κ2) is 6.10. The molecular weight excluding hydrogens is 255 g/mol. The van der Waals surface area contributed by atoms with Gasteiger partial charge >= 0.3 is 0 Å². The topological polar surface area (TPSA) is 35.5 Å². The van der Waals surface area contributed by atoms with Crippen molar-refractivity contribution >= 4 is 0 Å². The summed E-state index contributed by atoms with van der Waals surface area (Å²) in [5.74, 6) is 0.380. The minimum absolute atomic E-state index is 0.0195. The molecule has 4 heteroatoms. The normalized spacial score (nSPS) is 27.9. The molecule has 20 heavy (non-hydrogen) atoms. The molecule has 0 bridgehead atoms. The summed E-state index contributed by atoms with van der Waals surface area (Å²) < 4.78 is 13.3. The molecule has 3 rings (SSSR count). The number of rotatable bonds is 3. The number of nitrogens with one attached hydrogen (secondary N) is 1. The van der Waals surface area contributed by atoms with Crippen LogP contribution in [0.3, 0.4) is 0 Å². The Hall–Kier alpha value is -1.13.